The van der Waals surface area contributed by atoms with E-state index in [4.69, 9.17) is 0 Å². The third-order valence-electron chi connectivity index (χ3n) is 5.06. The van der Waals surface area contributed by atoms with Crippen LogP contribution in [0.15, 0.2) is 0 Å². The van der Waals surface area contributed by atoms with Crippen LogP contribution in [0.2, 0.25) is 0 Å². The predicted octanol–water partition coefficient (Wildman–Crippen LogP) is 4.37. The van der Waals surface area contributed by atoms with Gasteiger partial charge in [-0.1, -0.05) is 33.6 Å². The van der Waals surface area contributed by atoms with Gasteiger partial charge in [0.05, 0.1) is 0 Å². The molecule has 1 heteroatoms. The zero-order valence-corrected chi connectivity index (χ0v) is 12.1. The molecule has 0 radical (unpaired) electrons. The Morgan fingerprint density at radius 1 is 1.24 bits per heavy atom. The molecule has 2 atom stereocenters. The summed E-state index contributed by atoms with van der Waals surface area (Å²) in [4.78, 5) is 0. The van der Waals surface area contributed by atoms with Gasteiger partial charge < -0.3 is 5.32 Å². The Bertz CT molecular complexity index is 230. The molecule has 0 amide bonds. The van der Waals surface area contributed by atoms with Crippen LogP contribution >= 0.6 is 0 Å². The van der Waals surface area contributed by atoms with Gasteiger partial charge in [-0.25, -0.2) is 0 Å². The lowest BCUT2D eigenvalue weighted by Gasteiger charge is -2.32. The van der Waals surface area contributed by atoms with Crippen molar-refractivity contribution < 1.29 is 0 Å². The SMILES string of the molecule is CCC1(CNC2CCCC(CC(C)C)C2)CC1. The van der Waals surface area contributed by atoms with E-state index in [2.05, 4.69) is 26.1 Å². The van der Waals surface area contributed by atoms with Crippen molar-refractivity contribution in [3.8, 4) is 0 Å². The van der Waals surface area contributed by atoms with Crippen LogP contribution in [0.3, 0.4) is 0 Å². The molecule has 2 unspecified atom stereocenters. The normalized spacial score (nSPS) is 31.8. The predicted molar refractivity (Wildman–Crippen MR) is 75.2 cm³/mol. The van der Waals surface area contributed by atoms with E-state index in [1.165, 1.54) is 57.9 Å². The molecule has 2 aliphatic rings. The van der Waals surface area contributed by atoms with Gasteiger partial charge in [-0.2, -0.15) is 0 Å². The van der Waals surface area contributed by atoms with Crippen LogP contribution in [0.25, 0.3) is 0 Å². The molecule has 0 aromatic heterocycles. The molecule has 0 bridgehead atoms. The zero-order chi connectivity index (χ0) is 12.3. The molecule has 0 spiro atoms. The molecule has 2 saturated carbocycles. The molecule has 100 valence electrons. The fourth-order valence-electron chi connectivity index (χ4n) is 3.55. The fraction of sp³-hybridized carbons (Fsp3) is 1.00. The summed E-state index contributed by atoms with van der Waals surface area (Å²) in [6, 6.07) is 0.830. The molecule has 0 aromatic rings. The Balaban J connectivity index is 1.70. The van der Waals surface area contributed by atoms with Gasteiger partial charge in [0.15, 0.2) is 0 Å². The van der Waals surface area contributed by atoms with Gasteiger partial charge >= 0.3 is 0 Å². The molecule has 2 fully saturated rings. The molecule has 2 aliphatic carbocycles. The summed E-state index contributed by atoms with van der Waals surface area (Å²) in [6.45, 7) is 8.39. The van der Waals surface area contributed by atoms with Crippen molar-refractivity contribution in [1.82, 2.24) is 5.32 Å². The van der Waals surface area contributed by atoms with Crippen LogP contribution in [0, 0.1) is 17.3 Å². The highest BCUT2D eigenvalue weighted by atomic mass is 14.9. The van der Waals surface area contributed by atoms with E-state index in [1.54, 1.807) is 0 Å². The van der Waals surface area contributed by atoms with Gasteiger partial charge in [0, 0.05) is 12.6 Å². The number of nitrogens with one attached hydrogen (secondary N) is 1. The summed E-state index contributed by atoms with van der Waals surface area (Å²) in [5, 5.41) is 3.88. The van der Waals surface area contributed by atoms with Crippen LogP contribution in [-0.4, -0.2) is 12.6 Å². The first-order valence-electron chi connectivity index (χ1n) is 7.87. The molecule has 1 N–H and O–H groups in total. The number of hydrogen-bond acceptors (Lipinski definition) is 1. The molecular weight excluding hydrogens is 206 g/mol. The minimum atomic E-state index is 0.713. The number of rotatable bonds is 6. The van der Waals surface area contributed by atoms with Crippen LogP contribution in [0.4, 0.5) is 0 Å². The average molecular weight is 237 g/mol. The van der Waals surface area contributed by atoms with Crippen molar-refractivity contribution >= 4 is 0 Å². The lowest BCUT2D eigenvalue weighted by atomic mass is 9.81. The Morgan fingerprint density at radius 3 is 2.59 bits per heavy atom. The molecular formula is C16H31N. The lowest BCUT2D eigenvalue weighted by Crippen LogP contribution is -2.37. The van der Waals surface area contributed by atoms with Crippen molar-refractivity contribution in [3.05, 3.63) is 0 Å². The second-order valence-electron chi connectivity index (χ2n) is 7.09. The summed E-state index contributed by atoms with van der Waals surface area (Å²) < 4.78 is 0. The Hall–Kier alpha value is -0.0400. The maximum atomic E-state index is 3.88. The van der Waals surface area contributed by atoms with Crippen molar-refractivity contribution in [2.45, 2.75) is 78.2 Å². The third kappa shape index (κ3) is 3.98. The Labute approximate surface area is 108 Å². The summed E-state index contributed by atoms with van der Waals surface area (Å²) in [6.07, 6.45) is 11.6. The van der Waals surface area contributed by atoms with Gasteiger partial charge in [0.1, 0.15) is 0 Å². The molecule has 1 nitrogen and oxygen atoms in total. The monoisotopic (exact) mass is 237 g/mol. The standard InChI is InChI=1S/C16H31N/c1-4-16(8-9-16)12-17-15-7-5-6-14(11-15)10-13(2)3/h13-15,17H,4-12H2,1-3H3. The van der Waals surface area contributed by atoms with E-state index in [1.807, 2.05) is 0 Å². The largest absolute Gasteiger partial charge is 0.313 e. The van der Waals surface area contributed by atoms with E-state index in [-0.39, 0.29) is 0 Å². The van der Waals surface area contributed by atoms with E-state index in [0.717, 1.165) is 17.9 Å². The highest BCUT2D eigenvalue weighted by Crippen LogP contribution is 2.48. The number of hydrogen-bond donors (Lipinski definition) is 1. The fourth-order valence-corrected chi connectivity index (χ4v) is 3.55. The molecule has 0 heterocycles. The maximum Gasteiger partial charge on any atom is 0.00699 e. The Morgan fingerprint density at radius 2 is 2.00 bits per heavy atom. The van der Waals surface area contributed by atoms with Gasteiger partial charge in [-0.3, -0.25) is 0 Å². The van der Waals surface area contributed by atoms with Crippen molar-refractivity contribution in [3.63, 3.8) is 0 Å². The van der Waals surface area contributed by atoms with Crippen LogP contribution in [0.5, 0.6) is 0 Å². The third-order valence-corrected chi connectivity index (χ3v) is 5.06. The van der Waals surface area contributed by atoms with Crippen LogP contribution < -0.4 is 5.32 Å². The van der Waals surface area contributed by atoms with Crippen LogP contribution in [0.1, 0.15) is 72.1 Å². The van der Waals surface area contributed by atoms with E-state index < -0.39 is 0 Å². The van der Waals surface area contributed by atoms with Crippen molar-refractivity contribution in [1.29, 1.82) is 0 Å². The van der Waals surface area contributed by atoms with Gasteiger partial charge in [-0.15, -0.1) is 0 Å². The highest BCUT2D eigenvalue weighted by molar-refractivity contribution is 4.94. The minimum Gasteiger partial charge on any atom is -0.313 e. The average Bonchev–Trinajstić information content (AvgIpc) is 3.07. The van der Waals surface area contributed by atoms with Crippen molar-refractivity contribution in [2.75, 3.05) is 6.54 Å². The topological polar surface area (TPSA) is 12.0 Å². The Kier molecular flexibility index (Phi) is 4.52. The quantitative estimate of drug-likeness (QED) is 0.723. The van der Waals surface area contributed by atoms with Crippen LogP contribution in [-0.2, 0) is 0 Å². The first-order chi connectivity index (χ1) is 8.13. The summed E-state index contributed by atoms with van der Waals surface area (Å²) in [7, 11) is 0. The molecule has 17 heavy (non-hydrogen) atoms. The lowest BCUT2D eigenvalue weighted by molar-refractivity contribution is 0.242. The summed E-state index contributed by atoms with van der Waals surface area (Å²) >= 11 is 0. The highest BCUT2D eigenvalue weighted by Gasteiger charge is 2.40. The van der Waals surface area contributed by atoms with Crippen molar-refractivity contribution in [2.24, 2.45) is 17.3 Å². The minimum absolute atomic E-state index is 0.713. The second-order valence-corrected chi connectivity index (χ2v) is 7.09. The van der Waals surface area contributed by atoms with Gasteiger partial charge in [0.2, 0.25) is 0 Å². The van der Waals surface area contributed by atoms with E-state index >= 15 is 0 Å². The summed E-state index contributed by atoms with van der Waals surface area (Å²) in [5.41, 5.74) is 0.713. The molecule has 0 saturated heterocycles. The maximum absolute atomic E-state index is 3.88. The molecule has 0 aromatic carbocycles. The van der Waals surface area contributed by atoms with Gasteiger partial charge in [0.25, 0.3) is 0 Å². The first-order valence-corrected chi connectivity index (χ1v) is 7.87. The zero-order valence-electron chi connectivity index (χ0n) is 12.1. The molecule has 0 aliphatic heterocycles. The van der Waals surface area contributed by atoms with E-state index in [0.29, 0.717) is 5.41 Å². The second kappa shape index (κ2) is 5.73. The smallest absolute Gasteiger partial charge is 0.00699 e. The first kappa shape index (κ1) is 13.4. The summed E-state index contributed by atoms with van der Waals surface area (Å²) in [5.74, 6) is 1.88. The van der Waals surface area contributed by atoms with Gasteiger partial charge in [-0.05, 0) is 55.8 Å². The molecule has 2 rings (SSSR count). The van der Waals surface area contributed by atoms with E-state index in [9.17, 15) is 0 Å².